The van der Waals surface area contributed by atoms with Crippen LogP contribution in [0.2, 0.25) is 0 Å². The Balaban J connectivity index is 1.75. The van der Waals surface area contributed by atoms with Gasteiger partial charge in [0.15, 0.2) is 0 Å². The summed E-state index contributed by atoms with van der Waals surface area (Å²) in [5.74, 6) is 0.0102. The third-order valence-corrected chi connectivity index (χ3v) is 5.38. The van der Waals surface area contributed by atoms with E-state index >= 15 is 0 Å². The number of sulfonamides is 1. The predicted octanol–water partition coefficient (Wildman–Crippen LogP) is 2.92. The number of hydrogen-bond acceptors (Lipinski definition) is 3. The van der Waals surface area contributed by atoms with Crippen molar-refractivity contribution in [3.05, 3.63) is 65.2 Å². The van der Waals surface area contributed by atoms with E-state index in [1.165, 1.54) is 17.7 Å². The van der Waals surface area contributed by atoms with Gasteiger partial charge in [0.1, 0.15) is 0 Å². The topological polar surface area (TPSA) is 89.3 Å². The Morgan fingerprint density at radius 3 is 1.96 bits per heavy atom. The molecule has 0 bridgehead atoms. The van der Waals surface area contributed by atoms with Gasteiger partial charge in [-0.1, -0.05) is 57.2 Å². The van der Waals surface area contributed by atoms with Crippen LogP contribution in [0.5, 0.6) is 0 Å². The lowest BCUT2D eigenvalue weighted by Gasteiger charge is -2.19. The molecule has 27 heavy (non-hydrogen) atoms. The zero-order valence-electron chi connectivity index (χ0n) is 16.2. The first-order valence-corrected chi connectivity index (χ1v) is 10.6. The summed E-state index contributed by atoms with van der Waals surface area (Å²) in [6, 6.07) is 14.8. The van der Waals surface area contributed by atoms with Crippen molar-refractivity contribution < 1.29 is 13.2 Å². The van der Waals surface area contributed by atoms with E-state index in [1.807, 2.05) is 0 Å². The Morgan fingerprint density at radius 2 is 1.44 bits per heavy atom. The SMILES string of the molecule is CC(C)(C)c1ccc(CCC(=O)NCCc2ccc(S(N)(=O)=O)cc2)cc1. The van der Waals surface area contributed by atoms with Crippen LogP contribution >= 0.6 is 0 Å². The van der Waals surface area contributed by atoms with Crippen LogP contribution in [0.4, 0.5) is 0 Å². The molecule has 2 rings (SSSR count). The summed E-state index contributed by atoms with van der Waals surface area (Å²) in [5, 5.41) is 7.97. The van der Waals surface area contributed by atoms with Crippen LogP contribution in [0.25, 0.3) is 0 Å². The zero-order chi connectivity index (χ0) is 20.1. The average molecular weight is 389 g/mol. The van der Waals surface area contributed by atoms with Crippen molar-refractivity contribution in [2.45, 2.75) is 50.3 Å². The third-order valence-electron chi connectivity index (χ3n) is 4.45. The fourth-order valence-electron chi connectivity index (χ4n) is 2.71. The van der Waals surface area contributed by atoms with E-state index in [0.717, 1.165) is 11.1 Å². The lowest BCUT2D eigenvalue weighted by Crippen LogP contribution is -2.25. The smallest absolute Gasteiger partial charge is 0.238 e. The molecule has 0 unspecified atom stereocenters. The van der Waals surface area contributed by atoms with Gasteiger partial charge < -0.3 is 5.32 Å². The molecule has 0 aliphatic heterocycles. The molecule has 2 aromatic rings. The number of benzene rings is 2. The summed E-state index contributed by atoms with van der Waals surface area (Å²) in [4.78, 5) is 12.1. The molecule has 146 valence electrons. The lowest BCUT2D eigenvalue weighted by atomic mass is 9.86. The van der Waals surface area contributed by atoms with Crippen LogP contribution in [-0.2, 0) is 33.1 Å². The van der Waals surface area contributed by atoms with Crippen LogP contribution in [0.1, 0.15) is 43.9 Å². The van der Waals surface area contributed by atoms with Crippen LogP contribution in [0.3, 0.4) is 0 Å². The fraction of sp³-hybridized carbons (Fsp3) is 0.381. The van der Waals surface area contributed by atoms with Crippen LogP contribution in [0, 0.1) is 0 Å². The standard InChI is InChI=1S/C21H28N2O3S/c1-21(2,3)18-9-4-16(5-10-18)8-13-20(24)23-15-14-17-6-11-19(12-7-17)27(22,25)26/h4-7,9-12H,8,13-15H2,1-3H3,(H,23,24)(H2,22,25,26). The molecule has 1 amide bonds. The number of aryl methyl sites for hydroxylation is 1. The van der Waals surface area contributed by atoms with Gasteiger partial charge in [-0.3, -0.25) is 4.79 Å². The van der Waals surface area contributed by atoms with Crippen molar-refractivity contribution >= 4 is 15.9 Å². The van der Waals surface area contributed by atoms with Crippen molar-refractivity contribution in [2.24, 2.45) is 5.14 Å². The Kier molecular flexibility index (Phi) is 6.78. The van der Waals surface area contributed by atoms with Crippen molar-refractivity contribution in [3.63, 3.8) is 0 Å². The van der Waals surface area contributed by atoms with Crippen molar-refractivity contribution in [2.75, 3.05) is 6.54 Å². The van der Waals surface area contributed by atoms with E-state index in [0.29, 0.717) is 25.8 Å². The summed E-state index contributed by atoms with van der Waals surface area (Å²) in [6.07, 6.45) is 1.79. The number of amides is 1. The summed E-state index contributed by atoms with van der Waals surface area (Å²) in [7, 11) is -3.67. The molecule has 0 radical (unpaired) electrons. The maximum absolute atomic E-state index is 12.0. The Hall–Kier alpha value is -2.18. The zero-order valence-corrected chi connectivity index (χ0v) is 17.0. The molecule has 6 heteroatoms. The van der Waals surface area contributed by atoms with Crippen LogP contribution in [-0.4, -0.2) is 20.9 Å². The molecule has 0 atom stereocenters. The molecule has 0 heterocycles. The number of nitrogens with two attached hydrogens (primary N) is 1. The normalized spacial score (nSPS) is 12.0. The minimum Gasteiger partial charge on any atom is -0.356 e. The van der Waals surface area contributed by atoms with E-state index in [9.17, 15) is 13.2 Å². The summed E-state index contributed by atoms with van der Waals surface area (Å²) in [6.45, 7) is 7.05. The van der Waals surface area contributed by atoms with Crippen LogP contribution < -0.4 is 10.5 Å². The second kappa shape index (κ2) is 8.67. The number of hydrogen-bond donors (Lipinski definition) is 2. The largest absolute Gasteiger partial charge is 0.356 e. The number of carbonyl (C=O) groups excluding carboxylic acids is 1. The highest BCUT2D eigenvalue weighted by Crippen LogP contribution is 2.22. The van der Waals surface area contributed by atoms with Gasteiger partial charge >= 0.3 is 0 Å². The average Bonchev–Trinajstić information content (AvgIpc) is 2.59. The Bertz CT molecular complexity index is 865. The van der Waals surface area contributed by atoms with E-state index < -0.39 is 10.0 Å². The highest BCUT2D eigenvalue weighted by Gasteiger charge is 2.13. The first-order chi connectivity index (χ1) is 12.6. The number of carbonyl (C=O) groups is 1. The highest BCUT2D eigenvalue weighted by molar-refractivity contribution is 7.89. The van der Waals surface area contributed by atoms with Gasteiger partial charge in [-0.05, 0) is 47.1 Å². The molecule has 0 aromatic heterocycles. The van der Waals surface area contributed by atoms with Gasteiger partial charge in [-0.2, -0.15) is 0 Å². The molecule has 2 aromatic carbocycles. The van der Waals surface area contributed by atoms with E-state index in [4.69, 9.17) is 5.14 Å². The highest BCUT2D eigenvalue weighted by atomic mass is 32.2. The van der Waals surface area contributed by atoms with Crippen LogP contribution in [0.15, 0.2) is 53.4 Å². The molecule has 0 saturated heterocycles. The fourth-order valence-corrected chi connectivity index (χ4v) is 3.23. The maximum atomic E-state index is 12.0. The summed E-state index contributed by atoms with van der Waals surface area (Å²) >= 11 is 0. The second-order valence-electron chi connectivity index (χ2n) is 7.74. The van der Waals surface area contributed by atoms with Crippen molar-refractivity contribution in [3.8, 4) is 0 Å². The molecule has 0 aliphatic rings. The first-order valence-electron chi connectivity index (χ1n) is 9.03. The number of primary sulfonamides is 1. The first kappa shape index (κ1) is 21.1. The molecular weight excluding hydrogens is 360 g/mol. The minimum absolute atomic E-state index is 0.0102. The predicted molar refractivity (Wildman–Crippen MR) is 108 cm³/mol. The van der Waals surface area contributed by atoms with E-state index in [-0.39, 0.29) is 16.2 Å². The molecule has 0 fully saturated rings. The number of nitrogens with one attached hydrogen (secondary N) is 1. The van der Waals surface area contributed by atoms with Gasteiger partial charge in [0.05, 0.1) is 4.90 Å². The Morgan fingerprint density at radius 1 is 0.926 bits per heavy atom. The molecular formula is C21H28N2O3S. The number of rotatable bonds is 7. The molecule has 3 N–H and O–H groups in total. The summed E-state index contributed by atoms with van der Waals surface area (Å²) in [5.41, 5.74) is 3.50. The monoisotopic (exact) mass is 388 g/mol. The van der Waals surface area contributed by atoms with Gasteiger partial charge in [0.25, 0.3) is 0 Å². The van der Waals surface area contributed by atoms with E-state index in [1.54, 1.807) is 12.1 Å². The van der Waals surface area contributed by atoms with Crippen molar-refractivity contribution in [1.29, 1.82) is 0 Å². The molecule has 0 spiro atoms. The quantitative estimate of drug-likeness (QED) is 0.764. The van der Waals surface area contributed by atoms with E-state index in [2.05, 4.69) is 50.4 Å². The summed E-state index contributed by atoms with van der Waals surface area (Å²) < 4.78 is 22.4. The lowest BCUT2D eigenvalue weighted by molar-refractivity contribution is -0.121. The second-order valence-corrected chi connectivity index (χ2v) is 9.30. The molecule has 0 saturated carbocycles. The third kappa shape index (κ3) is 6.81. The van der Waals surface area contributed by atoms with Gasteiger partial charge in [0, 0.05) is 13.0 Å². The molecule has 5 nitrogen and oxygen atoms in total. The maximum Gasteiger partial charge on any atom is 0.238 e. The van der Waals surface area contributed by atoms with Crippen molar-refractivity contribution in [1.82, 2.24) is 5.32 Å². The van der Waals surface area contributed by atoms with Gasteiger partial charge in [-0.15, -0.1) is 0 Å². The molecule has 0 aliphatic carbocycles. The van der Waals surface area contributed by atoms with Gasteiger partial charge in [-0.25, -0.2) is 13.6 Å². The Labute approximate surface area is 162 Å². The van der Waals surface area contributed by atoms with Gasteiger partial charge in [0.2, 0.25) is 15.9 Å². The minimum atomic E-state index is -3.67.